The Hall–Kier alpha value is -1.37. The van der Waals surface area contributed by atoms with Crippen LogP contribution in [0.4, 0.5) is 24.5 Å². The second-order valence-electron chi connectivity index (χ2n) is 3.90. The van der Waals surface area contributed by atoms with Gasteiger partial charge in [-0.2, -0.15) is 13.2 Å². The Balaban J connectivity index is 2.05. The number of nitrogens with zero attached hydrogens (tertiary/aromatic N) is 1. The molecule has 1 aliphatic heterocycles. The van der Waals surface area contributed by atoms with Gasteiger partial charge in [-0.05, 0) is 35.5 Å². The fourth-order valence-electron chi connectivity index (χ4n) is 1.90. The van der Waals surface area contributed by atoms with Crippen LogP contribution < -0.4 is 10.6 Å². The van der Waals surface area contributed by atoms with E-state index in [4.69, 9.17) is 5.73 Å². The van der Waals surface area contributed by atoms with Gasteiger partial charge in [0.25, 0.3) is 0 Å². The van der Waals surface area contributed by atoms with Crippen molar-refractivity contribution < 1.29 is 18.0 Å². The predicted molar refractivity (Wildman–Crippen MR) is 65.4 cm³/mol. The smallest absolute Gasteiger partial charge is 0.399 e. The number of nitrogens with two attached hydrogens (primary N) is 1. The number of nitrogen functional groups attached to an aromatic ring is 1. The number of hydrogen-bond donors (Lipinski definition) is 1. The van der Waals surface area contributed by atoms with E-state index >= 15 is 0 Å². The van der Waals surface area contributed by atoms with Gasteiger partial charge in [-0.15, -0.1) is 0 Å². The Morgan fingerprint density at radius 3 is 2.78 bits per heavy atom. The third-order valence-corrected chi connectivity index (χ3v) is 3.33. The highest BCUT2D eigenvalue weighted by Gasteiger charge is 2.31. The van der Waals surface area contributed by atoms with Crippen molar-refractivity contribution in [1.82, 2.24) is 0 Å². The second-order valence-corrected chi connectivity index (χ2v) is 5.06. The molecule has 2 rings (SSSR count). The first kappa shape index (κ1) is 13.1. The molecule has 0 radical (unpaired) electrons. The minimum Gasteiger partial charge on any atom is -0.399 e. The third-order valence-electron chi connectivity index (χ3n) is 2.62. The number of thioether (sulfide) groups is 1. The van der Waals surface area contributed by atoms with Crippen molar-refractivity contribution in [3.63, 3.8) is 0 Å². The fraction of sp³-hybridized carbons (Fsp3) is 0.364. The lowest BCUT2D eigenvalue weighted by Crippen LogP contribution is -2.29. The molecule has 0 spiro atoms. The summed E-state index contributed by atoms with van der Waals surface area (Å²) in [5.74, 6) is -0.350. The van der Waals surface area contributed by atoms with E-state index in [1.54, 1.807) is 18.2 Å². The molecule has 2 N–H and O–H groups in total. The van der Waals surface area contributed by atoms with Gasteiger partial charge in [0.2, 0.25) is 5.91 Å². The molecule has 0 unspecified atom stereocenters. The van der Waals surface area contributed by atoms with Crippen molar-refractivity contribution in [1.29, 1.82) is 0 Å². The summed E-state index contributed by atoms with van der Waals surface area (Å²) in [4.78, 5) is 13.1. The summed E-state index contributed by atoms with van der Waals surface area (Å²) in [5, 5.41) is 0. The van der Waals surface area contributed by atoms with Crippen LogP contribution in [-0.4, -0.2) is 23.7 Å². The summed E-state index contributed by atoms with van der Waals surface area (Å²) in [6, 6.07) is 5.00. The van der Waals surface area contributed by atoms with Crippen LogP contribution in [0.5, 0.6) is 0 Å². The quantitative estimate of drug-likeness (QED) is 0.862. The molecule has 0 saturated carbocycles. The Kier molecular flexibility index (Phi) is 3.43. The lowest BCUT2D eigenvalue weighted by Gasteiger charge is -2.17. The number of carbonyl (C=O) groups is 1. The molecule has 0 saturated heterocycles. The lowest BCUT2D eigenvalue weighted by molar-refractivity contribution is -0.117. The van der Waals surface area contributed by atoms with Crippen LogP contribution in [-0.2, 0) is 11.2 Å². The van der Waals surface area contributed by atoms with Crippen molar-refractivity contribution in [2.75, 3.05) is 22.9 Å². The number of carbonyl (C=O) groups excluding carboxylic acids is 1. The third kappa shape index (κ3) is 2.90. The molecule has 98 valence electrons. The van der Waals surface area contributed by atoms with Crippen LogP contribution in [0.15, 0.2) is 18.2 Å². The number of fused-ring (bicyclic) bond motifs is 1. The van der Waals surface area contributed by atoms with E-state index in [2.05, 4.69) is 0 Å². The monoisotopic (exact) mass is 276 g/mol. The Morgan fingerprint density at radius 1 is 1.39 bits per heavy atom. The predicted octanol–water partition coefficient (Wildman–Crippen LogP) is 2.41. The molecule has 0 aromatic heterocycles. The number of hydrogen-bond acceptors (Lipinski definition) is 3. The first-order valence-electron chi connectivity index (χ1n) is 5.26. The largest absolute Gasteiger partial charge is 0.441 e. The molecule has 0 atom stereocenters. The molecule has 0 aliphatic carbocycles. The van der Waals surface area contributed by atoms with Crippen LogP contribution >= 0.6 is 11.8 Å². The van der Waals surface area contributed by atoms with Gasteiger partial charge < -0.3 is 10.6 Å². The molecule has 0 bridgehead atoms. The molecule has 1 aromatic rings. The fourth-order valence-corrected chi connectivity index (χ4v) is 2.41. The maximum atomic E-state index is 12.0. The highest BCUT2D eigenvalue weighted by atomic mass is 32.2. The van der Waals surface area contributed by atoms with E-state index < -0.39 is 5.51 Å². The maximum absolute atomic E-state index is 12.0. The summed E-state index contributed by atoms with van der Waals surface area (Å²) >= 11 is -0.118. The van der Waals surface area contributed by atoms with Gasteiger partial charge >= 0.3 is 5.51 Å². The minimum absolute atomic E-state index is 0.0555. The van der Waals surface area contributed by atoms with Crippen LogP contribution in [0.1, 0.15) is 5.56 Å². The zero-order chi connectivity index (χ0) is 13.3. The van der Waals surface area contributed by atoms with Crippen molar-refractivity contribution in [2.24, 2.45) is 0 Å². The summed E-state index contributed by atoms with van der Waals surface area (Å²) in [5.41, 5.74) is 3.33. The summed E-state index contributed by atoms with van der Waals surface area (Å²) in [6.45, 7) is 0.0555. The molecule has 1 heterocycles. The Bertz CT molecular complexity index is 476. The highest BCUT2D eigenvalue weighted by molar-refractivity contribution is 8.00. The molecule has 0 fully saturated rings. The Labute approximate surface area is 106 Å². The van der Waals surface area contributed by atoms with Crippen LogP contribution in [0.2, 0.25) is 0 Å². The van der Waals surface area contributed by atoms with E-state index in [9.17, 15) is 18.0 Å². The maximum Gasteiger partial charge on any atom is 0.441 e. The molecule has 18 heavy (non-hydrogen) atoms. The molecular formula is C11H11F3N2OS. The summed E-state index contributed by atoms with van der Waals surface area (Å²) in [7, 11) is 0. The van der Waals surface area contributed by atoms with Crippen molar-refractivity contribution in [3.8, 4) is 0 Å². The van der Waals surface area contributed by atoms with Gasteiger partial charge in [0.1, 0.15) is 0 Å². The number of alkyl halides is 3. The average Bonchev–Trinajstić information content (AvgIpc) is 2.52. The van der Waals surface area contributed by atoms with Gasteiger partial charge in [0, 0.05) is 23.7 Å². The molecular weight excluding hydrogens is 265 g/mol. The molecule has 1 aromatic carbocycles. The van der Waals surface area contributed by atoms with Gasteiger partial charge in [0.05, 0.1) is 6.42 Å². The normalized spacial score (nSPS) is 15.1. The van der Waals surface area contributed by atoms with Gasteiger partial charge in [-0.25, -0.2) is 0 Å². The van der Waals surface area contributed by atoms with E-state index in [1.807, 2.05) is 0 Å². The molecule has 7 heteroatoms. The molecule has 3 nitrogen and oxygen atoms in total. The zero-order valence-electron chi connectivity index (χ0n) is 9.33. The summed E-state index contributed by atoms with van der Waals surface area (Å²) in [6.07, 6.45) is 0.205. The first-order valence-corrected chi connectivity index (χ1v) is 6.25. The van der Waals surface area contributed by atoms with Crippen molar-refractivity contribution in [2.45, 2.75) is 11.9 Å². The zero-order valence-corrected chi connectivity index (χ0v) is 10.1. The Morgan fingerprint density at radius 2 is 2.11 bits per heavy atom. The number of halogens is 3. The number of benzene rings is 1. The van der Waals surface area contributed by atoms with Crippen molar-refractivity contribution in [3.05, 3.63) is 23.8 Å². The van der Waals surface area contributed by atoms with Crippen molar-refractivity contribution >= 4 is 29.0 Å². The van der Waals surface area contributed by atoms with E-state index in [0.29, 0.717) is 11.4 Å². The topological polar surface area (TPSA) is 46.3 Å². The molecule has 1 amide bonds. The van der Waals surface area contributed by atoms with Crippen LogP contribution in [0, 0.1) is 0 Å². The second kappa shape index (κ2) is 4.72. The van der Waals surface area contributed by atoms with Gasteiger partial charge in [0.15, 0.2) is 0 Å². The van der Waals surface area contributed by atoms with Gasteiger partial charge in [-0.1, -0.05) is 0 Å². The van der Waals surface area contributed by atoms with E-state index in [0.717, 1.165) is 5.56 Å². The van der Waals surface area contributed by atoms with E-state index in [1.165, 1.54) is 4.90 Å². The van der Waals surface area contributed by atoms with E-state index in [-0.39, 0.29) is 36.4 Å². The number of rotatable bonds is 3. The standard InChI is InChI=1S/C11H11F3N2OS/c12-11(13,14)18-4-3-16-9-2-1-8(15)5-7(9)6-10(16)17/h1-2,5H,3-4,6,15H2. The highest BCUT2D eigenvalue weighted by Crippen LogP contribution is 2.33. The number of anilines is 2. The van der Waals surface area contributed by atoms with Crippen LogP contribution in [0.3, 0.4) is 0 Å². The minimum atomic E-state index is -4.26. The molecule has 1 aliphatic rings. The average molecular weight is 276 g/mol. The lowest BCUT2D eigenvalue weighted by atomic mass is 10.1. The summed E-state index contributed by atoms with van der Waals surface area (Å²) < 4.78 is 36.1. The number of amides is 1. The first-order chi connectivity index (χ1) is 8.37. The van der Waals surface area contributed by atoms with Crippen LogP contribution in [0.25, 0.3) is 0 Å². The SMILES string of the molecule is Nc1ccc2c(c1)CC(=O)N2CCSC(F)(F)F. The van der Waals surface area contributed by atoms with Gasteiger partial charge in [-0.3, -0.25) is 4.79 Å².